The lowest BCUT2D eigenvalue weighted by atomic mass is 10.3. The molecule has 8 heteroatoms. The SMILES string of the molecule is CN(CCCOc1ccc(F)cc1)C(=O)N[C@@H]1CCS(=O)(=O)C1. The Morgan fingerprint density at radius 1 is 1.39 bits per heavy atom. The molecule has 1 saturated heterocycles. The van der Waals surface area contributed by atoms with Crippen LogP contribution in [0.25, 0.3) is 0 Å². The summed E-state index contributed by atoms with van der Waals surface area (Å²) in [5.74, 6) is 0.408. The molecule has 6 nitrogen and oxygen atoms in total. The molecule has 2 rings (SSSR count). The van der Waals surface area contributed by atoms with Crippen LogP contribution in [0, 0.1) is 5.82 Å². The lowest BCUT2D eigenvalue weighted by Crippen LogP contribution is -2.44. The van der Waals surface area contributed by atoms with E-state index in [1.54, 1.807) is 19.2 Å². The second-order valence-corrected chi connectivity index (χ2v) is 7.86. The number of carbonyl (C=O) groups is 1. The zero-order valence-corrected chi connectivity index (χ0v) is 13.8. The zero-order chi connectivity index (χ0) is 16.9. The number of sulfone groups is 1. The molecular weight excluding hydrogens is 323 g/mol. The molecule has 23 heavy (non-hydrogen) atoms. The molecule has 1 aliphatic heterocycles. The highest BCUT2D eigenvalue weighted by Gasteiger charge is 2.29. The third-order valence-corrected chi connectivity index (χ3v) is 5.39. The van der Waals surface area contributed by atoms with E-state index >= 15 is 0 Å². The van der Waals surface area contributed by atoms with Crippen molar-refractivity contribution in [3.63, 3.8) is 0 Å². The number of hydrogen-bond donors (Lipinski definition) is 1. The Hall–Kier alpha value is -1.83. The molecule has 0 bridgehead atoms. The molecule has 1 aliphatic rings. The molecule has 1 aromatic carbocycles. The van der Waals surface area contributed by atoms with Crippen molar-refractivity contribution in [3.05, 3.63) is 30.1 Å². The number of nitrogens with zero attached hydrogens (tertiary/aromatic N) is 1. The minimum absolute atomic E-state index is 0.0141. The number of amides is 2. The Bertz CT molecular complexity index is 633. The minimum Gasteiger partial charge on any atom is -0.494 e. The third kappa shape index (κ3) is 5.70. The lowest BCUT2D eigenvalue weighted by Gasteiger charge is -2.20. The van der Waals surface area contributed by atoms with Gasteiger partial charge in [0.05, 0.1) is 18.1 Å². The number of hydrogen-bond acceptors (Lipinski definition) is 4. The van der Waals surface area contributed by atoms with E-state index in [-0.39, 0.29) is 29.4 Å². The van der Waals surface area contributed by atoms with E-state index in [4.69, 9.17) is 4.74 Å². The fraction of sp³-hybridized carbons (Fsp3) is 0.533. The van der Waals surface area contributed by atoms with Gasteiger partial charge in [-0.2, -0.15) is 0 Å². The van der Waals surface area contributed by atoms with Crippen molar-refractivity contribution in [2.45, 2.75) is 18.9 Å². The van der Waals surface area contributed by atoms with Crippen LogP contribution in [0.2, 0.25) is 0 Å². The molecule has 2 amide bonds. The van der Waals surface area contributed by atoms with Crippen molar-refractivity contribution < 1.29 is 22.3 Å². The minimum atomic E-state index is -3.00. The average molecular weight is 344 g/mol. The number of urea groups is 1. The molecule has 1 N–H and O–H groups in total. The second-order valence-electron chi connectivity index (χ2n) is 5.63. The first kappa shape index (κ1) is 17.5. The molecule has 0 spiro atoms. The van der Waals surface area contributed by atoms with E-state index in [0.29, 0.717) is 31.7 Å². The number of nitrogens with one attached hydrogen (secondary N) is 1. The molecule has 0 aliphatic carbocycles. The average Bonchev–Trinajstić information content (AvgIpc) is 2.84. The topological polar surface area (TPSA) is 75.7 Å². The summed E-state index contributed by atoms with van der Waals surface area (Å²) in [4.78, 5) is 13.4. The van der Waals surface area contributed by atoms with Gasteiger partial charge in [-0.15, -0.1) is 0 Å². The third-order valence-electron chi connectivity index (χ3n) is 3.63. The first-order valence-electron chi connectivity index (χ1n) is 7.46. The normalized spacial score (nSPS) is 19.3. The number of ether oxygens (including phenoxy) is 1. The van der Waals surface area contributed by atoms with Crippen molar-refractivity contribution in [3.8, 4) is 5.75 Å². The molecule has 0 radical (unpaired) electrons. The van der Waals surface area contributed by atoms with Gasteiger partial charge in [-0.1, -0.05) is 0 Å². The summed E-state index contributed by atoms with van der Waals surface area (Å²) >= 11 is 0. The summed E-state index contributed by atoms with van der Waals surface area (Å²) in [6.45, 7) is 0.882. The van der Waals surface area contributed by atoms with Gasteiger partial charge in [0.25, 0.3) is 0 Å². The molecular formula is C15H21FN2O4S. The molecule has 1 heterocycles. The van der Waals surface area contributed by atoms with Crippen molar-refractivity contribution in [2.75, 3.05) is 31.7 Å². The standard InChI is InChI=1S/C15H21FN2O4S/c1-18(15(19)17-13-7-10-23(20,21)11-13)8-2-9-22-14-5-3-12(16)4-6-14/h3-6,13H,2,7-11H2,1H3,(H,17,19)/t13-/m1/s1. The van der Waals surface area contributed by atoms with Gasteiger partial charge in [0.1, 0.15) is 11.6 Å². The van der Waals surface area contributed by atoms with Crippen LogP contribution >= 0.6 is 0 Å². The molecule has 1 aromatic rings. The van der Waals surface area contributed by atoms with Crippen molar-refractivity contribution in [2.24, 2.45) is 0 Å². The van der Waals surface area contributed by atoms with E-state index in [0.717, 1.165) is 0 Å². The highest BCUT2D eigenvalue weighted by molar-refractivity contribution is 7.91. The van der Waals surface area contributed by atoms with Gasteiger partial charge in [-0.05, 0) is 37.1 Å². The molecule has 0 unspecified atom stereocenters. The van der Waals surface area contributed by atoms with E-state index in [1.165, 1.54) is 17.0 Å². The summed E-state index contributed by atoms with van der Waals surface area (Å²) in [6, 6.07) is 5.16. The van der Waals surface area contributed by atoms with E-state index in [9.17, 15) is 17.6 Å². The highest BCUT2D eigenvalue weighted by atomic mass is 32.2. The number of carbonyl (C=O) groups excluding carboxylic acids is 1. The first-order chi connectivity index (χ1) is 10.9. The Labute approximate surface area is 135 Å². The van der Waals surface area contributed by atoms with Gasteiger partial charge in [0.2, 0.25) is 0 Å². The number of rotatable bonds is 6. The van der Waals surface area contributed by atoms with Crippen LogP contribution in [-0.4, -0.2) is 57.1 Å². The van der Waals surface area contributed by atoms with Crippen LogP contribution < -0.4 is 10.1 Å². The van der Waals surface area contributed by atoms with Crippen LogP contribution in [0.1, 0.15) is 12.8 Å². The Kier molecular flexibility index (Phi) is 5.81. The van der Waals surface area contributed by atoms with Gasteiger partial charge in [0, 0.05) is 19.6 Å². The maximum atomic E-state index is 12.7. The molecule has 0 saturated carbocycles. The van der Waals surface area contributed by atoms with E-state index < -0.39 is 9.84 Å². The fourth-order valence-electron chi connectivity index (χ4n) is 2.32. The molecule has 0 aromatic heterocycles. The van der Waals surface area contributed by atoms with Crippen LogP contribution in [-0.2, 0) is 9.84 Å². The Morgan fingerprint density at radius 3 is 2.70 bits per heavy atom. The van der Waals surface area contributed by atoms with Crippen LogP contribution in [0.15, 0.2) is 24.3 Å². The van der Waals surface area contributed by atoms with Gasteiger partial charge in [-0.3, -0.25) is 0 Å². The first-order valence-corrected chi connectivity index (χ1v) is 9.28. The van der Waals surface area contributed by atoms with Crippen LogP contribution in [0.4, 0.5) is 9.18 Å². The summed E-state index contributed by atoms with van der Waals surface area (Å²) in [5.41, 5.74) is 0. The molecule has 1 atom stereocenters. The van der Waals surface area contributed by atoms with E-state index in [2.05, 4.69) is 5.32 Å². The van der Waals surface area contributed by atoms with Crippen LogP contribution in [0.3, 0.4) is 0 Å². The van der Waals surface area contributed by atoms with Crippen molar-refractivity contribution in [1.82, 2.24) is 10.2 Å². The second kappa shape index (κ2) is 7.63. The Balaban J connectivity index is 1.65. The lowest BCUT2D eigenvalue weighted by molar-refractivity contribution is 0.200. The predicted molar refractivity (Wildman–Crippen MR) is 84.7 cm³/mol. The maximum Gasteiger partial charge on any atom is 0.317 e. The summed E-state index contributed by atoms with van der Waals surface area (Å²) in [6.07, 6.45) is 1.08. The molecule has 1 fully saturated rings. The monoisotopic (exact) mass is 344 g/mol. The smallest absolute Gasteiger partial charge is 0.317 e. The Morgan fingerprint density at radius 2 is 2.09 bits per heavy atom. The largest absolute Gasteiger partial charge is 0.494 e. The van der Waals surface area contributed by atoms with Gasteiger partial charge < -0.3 is 15.0 Å². The fourth-order valence-corrected chi connectivity index (χ4v) is 3.99. The van der Waals surface area contributed by atoms with Crippen molar-refractivity contribution in [1.29, 1.82) is 0 Å². The number of halogens is 1. The van der Waals surface area contributed by atoms with E-state index in [1.807, 2.05) is 0 Å². The number of benzene rings is 1. The summed E-state index contributed by atoms with van der Waals surface area (Å²) in [7, 11) is -1.35. The van der Waals surface area contributed by atoms with Gasteiger partial charge in [-0.25, -0.2) is 17.6 Å². The molecule has 128 valence electrons. The zero-order valence-electron chi connectivity index (χ0n) is 13.0. The quantitative estimate of drug-likeness (QED) is 0.792. The summed E-state index contributed by atoms with van der Waals surface area (Å²) < 4.78 is 40.9. The summed E-state index contributed by atoms with van der Waals surface area (Å²) in [5, 5.41) is 2.72. The van der Waals surface area contributed by atoms with Crippen LogP contribution in [0.5, 0.6) is 5.75 Å². The maximum absolute atomic E-state index is 12.7. The van der Waals surface area contributed by atoms with Gasteiger partial charge >= 0.3 is 6.03 Å². The predicted octanol–water partition coefficient (Wildman–Crippen LogP) is 1.42. The van der Waals surface area contributed by atoms with Crippen molar-refractivity contribution >= 4 is 15.9 Å². The highest BCUT2D eigenvalue weighted by Crippen LogP contribution is 2.12. The van der Waals surface area contributed by atoms with Gasteiger partial charge in [0.15, 0.2) is 9.84 Å².